The van der Waals surface area contributed by atoms with Crippen molar-refractivity contribution in [3.05, 3.63) is 25.3 Å². The van der Waals surface area contributed by atoms with Crippen molar-refractivity contribution in [2.75, 3.05) is 24.7 Å². The van der Waals surface area contributed by atoms with E-state index >= 15 is 0 Å². The maximum Gasteiger partial charge on any atom is 0.472 e. The van der Waals surface area contributed by atoms with Gasteiger partial charge in [0.15, 0.2) is 35.4 Å². The number of phosphoric acid groups is 3. The molecule has 0 spiro atoms. The molecular formula is C20H27N10O16P3. The van der Waals surface area contributed by atoms with E-state index in [0.717, 1.165) is 34.4 Å². The number of hydrogen-bond acceptors (Lipinski definition) is 19. The van der Waals surface area contributed by atoms with Crippen molar-refractivity contribution >= 4 is 57.4 Å². The molecule has 268 valence electrons. The minimum atomic E-state index is -5.33. The van der Waals surface area contributed by atoms with Crippen LogP contribution in [0.15, 0.2) is 25.3 Å². The maximum absolute atomic E-state index is 13.3. The summed E-state index contributed by atoms with van der Waals surface area (Å²) in [6.07, 6.45) is -9.30. The van der Waals surface area contributed by atoms with E-state index in [9.17, 15) is 38.6 Å². The summed E-state index contributed by atoms with van der Waals surface area (Å²) in [7, 11) is -15.7. The van der Waals surface area contributed by atoms with Gasteiger partial charge in [-0.2, -0.15) is 0 Å². The molecule has 0 aromatic carbocycles. The van der Waals surface area contributed by atoms with Crippen molar-refractivity contribution in [1.82, 2.24) is 39.0 Å². The molecular weight excluding hydrogens is 729 g/mol. The Labute approximate surface area is 271 Å². The third-order valence-electron chi connectivity index (χ3n) is 7.27. The largest absolute Gasteiger partial charge is 0.472 e. The van der Waals surface area contributed by atoms with Gasteiger partial charge in [-0.1, -0.05) is 0 Å². The van der Waals surface area contributed by atoms with Gasteiger partial charge in [0.25, 0.3) is 0 Å². The summed E-state index contributed by atoms with van der Waals surface area (Å²) in [5.74, 6) is -0.0786. The first-order valence-corrected chi connectivity index (χ1v) is 18.1. The van der Waals surface area contributed by atoms with Gasteiger partial charge in [0.05, 0.1) is 25.9 Å². The molecule has 0 bridgehead atoms. The highest BCUT2D eigenvalue weighted by atomic mass is 31.2. The summed E-state index contributed by atoms with van der Waals surface area (Å²) in [6.45, 7) is -1.91. The molecule has 9 atom stereocenters. The van der Waals surface area contributed by atoms with Crippen LogP contribution in [0.2, 0.25) is 0 Å². The van der Waals surface area contributed by atoms with Crippen molar-refractivity contribution in [1.29, 1.82) is 0 Å². The molecule has 2 aliphatic rings. The molecule has 29 heteroatoms. The summed E-state index contributed by atoms with van der Waals surface area (Å²) in [6, 6.07) is 0. The van der Waals surface area contributed by atoms with Crippen LogP contribution in [0.4, 0.5) is 11.6 Å². The molecule has 6 heterocycles. The SMILES string of the molecule is Nc1ncnc2c1ncn2[C@@H]1O[C@H](COP(=O)(O)O[C@@H]2[C@H](O)[C@@H](COP(=O)(O)O)O[C@H]2n2cnc3c(N)ncnc32)[C@@H](OP(=O)(O)O)[C@H]1O. The van der Waals surface area contributed by atoms with Crippen molar-refractivity contribution in [2.45, 2.75) is 49.1 Å². The zero-order chi connectivity index (χ0) is 35.5. The number of anilines is 2. The van der Waals surface area contributed by atoms with Crippen LogP contribution in [0.3, 0.4) is 0 Å². The number of nitrogen functional groups attached to an aromatic ring is 2. The highest BCUT2D eigenvalue weighted by molar-refractivity contribution is 7.47. The fourth-order valence-corrected chi connectivity index (χ4v) is 7.05. The second kappa shape index (κ2) is 13.2. The second-order valence-electron chi connectivity index (χ2n) is 10.5. The number of fused-ring (bicyclic) bond motifs is 2. The number of hydrogen-bond donors (Lipinski definition) is 9. The highest BCUT2D eigenvalue weighted by Gasteiger charge is 2.52. The molecule has 4 aromatic heterocycles. The number of aliphatic hydroxyl groups is 2. The lowest BCUT2D eigenvalue weighted by atomic mass is 10.1. The average Bonchev–Trinajstić information content (AvgIpc) is 3.76. The monoisotopic (exact) mass is 756 g/mol. The van der Waals surface area contributed by atoms with E-state index < -0.39 is 85.8 Å². The van der Waals surface area contributed by atoms with Gasteiger partial charge in [-0.25, -0.2) is 43.6 Å². The summed E-state index contributed by atoms with van der Waals surface area (Å²) < 4.78 is 69.5. The predicted molar refractivity (Wildman–Crippen MR) is 155 cm³/mol. The number of nitrogens with zero attached hydrogens (tertiary/aromatic N) is 8. The molecule has 6 rings (SSSR count). The Morgan fingerprint density at radius 3 is 1.76 bits per heavy atom. The van der Waals surface area contributed by atoms with E-state index in [1.54, 1.807) is 0 Å². The summed E-state index contributed by atoms with van der Waals surface area (Å²) >= 11 is 0. The smallest absolute Gasteiger partial charge is 0.387 e. The van der Waals surface area contributed by atoms with Gasteiger partial charge < -0.3 is 55.6 Å². The number of aromatic nitrogens is 8. The Morgan fingerprint density at radius 2 is 1.20 bits per heavy atom. The summed E-state index contributed by atoms with van der Waals surface area (Å²) in [5, 5.41) is 22.0. The Morgan fingerprint density at radius 1 is 0.673 bits per heavy atom. The Hall–Kier alpha value is -3.13. The van der Waals surface area contributed by atoms with Crippen molar-refractivity contribution in [3.63, 3.8) is 0 Å². The third kappa shape index (κ3) is 7.50. The van der Waals surface area contributed by atoms with Gasteiger partial charge in [-0.15, -0.1) is 0 Å². The van der Waals surface area contributed by atoms with Crippen LogP contribution in [-0.4, -0.2) is 124 Å². The molecule has 11 N–H and O–H groups in total. The van der Waals surface area contributed by atoms with Crippen molar-refractivity contribution in [2.24, 2.45) is 0 Å². The minimum absolute atomic E-state index is 0.0133. The van der Waals surface area contributed by atoms with Crippen molar-refractivity contribution < 1.29 is 75.9 Å². The molecule has 26 nitrogen and oxygen atoms in total. The molecule has 4 aromatic rings. The van der Waals surface area contributed by atoms with Crippen LogP contribution in [0.25, 0.3) is 22.3 Å². The Bertz CT molecular complexity index is 1990. The first kappa shape index (κ1) is 35.7. The van der Waals surface area contributed by atoms with Crippen LogP contribution in [0.5, 0.6) is 0 Å². The number of rotatable bonds is 12. The van der Waals surface area contributed by atoms with Crippen LogP contribution >= 0.6 is 23.5 Å². The first-order chi connectivity index (χ1) is 22.9. The summed E-state index contributed by atoms with van der Waals surface area (Å²) in [5.41, 5.74) is 11.9. The van der Waals surface area contributed by atoms with Gasteiger partial charge in [0, 0.05) is 0 Å². The predicted octanol–water partition coefficient (Wildman–Crippen LogP) is -2.56. The third-order valence-corrected chi connectivity index (χ3v) is 9.26. The van der Waals surface area contributed by atoms with E-state index in [2.05, 4.69) is 34.4 Å². The molecule has 0 radical (unpaired) electrons. The average molecular weight is 756 g/mol. The van der Waals surface area contributed by atoms with Crippen LogP contribution in [-0.2, 0) is 41.3 Å². The van der Waals surface area contributed by atoms with Gasteiger partial charge >= 0.3 is 23.5 Å². The molecule has 0 aliphatic carbocycles. The van der Waals surface area contributed by atoms with Gasteiger partial charge in [-0.3, -0.25) is 27.2 Å². The fourth-order valence-electron chi connectivity index (χ4n) is 5.20. The fraction of sp³-hybridized carbons (Fsp3) is 0.500. The lowest BCUT2D eigenvalue weighted by molar-refractivity contribution is -0.0611. The van der Waals surface area contributed by atoms with Crippen molar-refractivity contribution in [3.8, 4) is 0 Å². The van der Waals surface area contributed by atoms with E-state index in [1.807, 2.05) is 0 Å². The van der Waals surface area contributed by atoms with E-state index in [0.29, 0.717) is 0 Å². The molecule has 49 heavy (non-hydrogen) atoms. The maximum atomic E-state index is 13.3. The molecule has 2 fully saturated rings. The molecule has 0 saturated carbocycles. The lowest BCUT2D eigenvalue weighted by Gasteiger charge is -2.25. The highest BCUT2D eigenvalue weighted by Crippen LogP contribution is 2.51. The zero-order valence-corrected chi connectivity index (χ0v) is 26.9. The normalized spacial score (nSPS) is 29.2. The van der Waals surface area contributed by atoms with Crippen LogP contribution in [0, 0.1) is 0 Å². The number of aliphatic hydroxyl groups excluding tert-OH is 2. The molecule has 2 aliphatic heterocycles. The van der Waals surface area contributed by atoms with E-state index in [1.165, 1.54) is 0 Å². The number of ether oxygens (including phenoxy) is 2. The Balaban J connectivity index is 1.24. The second-order valence-corrected chi connectivity index (χ2v) is 14.3. The van der Waals surface area contributed by atoms with Crippen LogP contribution in [0.1, 0.15) is 12.5 Å². The molecule has 2 saturated heterocycles. The standard InChI is InChI=1S/C20H27N10O16P3/c21-15-9-17(25-3-23-15)29(5-27-9)19-12(32)13(45-48(36,37)38)8(44-19)2-42-49(39,40)46-14-11(31)7(1-41-47(33,34)35)43-20(14)30-6-28-10-16(22)24-4-26-18(10)30/h3-8,11-14,19-20,31-32H,1-2H2,(H,39,40)(H2,21,23,25)(H2,22,24,26)(H2,33,34,35)(H2,36,37,38)/t7-,8-,11-,12-,13-,14-,19-,20-/m1/s1. The topological polar surface area (TPSA) is 387 Å². The lowest BCUT2D eigenvalue weighted by Crippen LogP contribution is -2.37. The zero-order valence-electron chi connectivity index (χ0n) is 24.2. The summed E-state index contributed by atoms with van der Waals surface area (Å²) in [4.78, 5) is 71.7. The Kier molecular flexibility index (Phi) is 9.62. The number of phosphoric ester groups is 3. The quantitative estimate of drug-likeness (QED) is 0.0671. The number of imidazole rings is 2. The molecule has 0 amide bonds. The molecule has 1 unspecified atom stereocenters. The van der Waals surface area contributed by atoms with Crippen LogP contribution < -0.4 is 11.5 Å². The van der Waals surface area contributed by atoms with Gasteiger partial charge in [-0.05, 0) is 0 Å². The first-order valence-electron chi connectivity index (χ1n) is 13.6. The number of nitrogens with two attached hydrogens (primary N) is 2. The van der Waals surface area contributed by atoms with Gasteiger partial charge in [0.2, 0.25) is 0 Å². The minimum Gasteiger partial charge on any atom is -0.387 e. The van der Waals surface area contributed by atoms with E-state index in [-0.39, 0.29) is 34.0 Å². The van der Waals surface area contributed by atoms with Gasteiger partial charge in [0.1, 0.15) is 60.3 Å². The van der Waals surface area contributed by atoms with E-state index in [4.69, 9.17) is 44.3 Å².